The Hall–Kier alpha value is -1.66. The van der Waals surface area contributed by atoms with Crippen LogP contribution in [0.4, 0.5) is 0 Å². The highest BCUT2D eigenvalue weighted by molar-refractivity contribution is 5.87. The molecule has 0 aromatic carbocycles. The molecule has 1 unspecified atom stereocenters. The summed E-state index contributed by atoms with van der Waals surface area (Å²) < 4.78 is 12.5. The quantitative estimate of drug-likeness (QED) is 0.128. The van der Waals surface area contributed by atoms with E-state index in [2.05, 4.69) is 92.2 Å². The second kappa shape index (κ2) is 16.6. The Morgan fingerprint density at radius 3 is 1.83 bits per heavy atom. The first-order chi connectivity index (χ1) is 21.5. The molecule has 1 aliphatic rings. The van der Waals surface area contributed by atoms with E-state index in [0.29, 0.717) is 32.1 Å². The van der Waals surface area contributed by atoms with Gasteiger partial charge >= 0.3 is 0 Å². The van der Waals surface area contributed by atoms with E-state index in [1.54, 1.807) is 0 Å². The van der Waals surface area contributed by atoms with Crippen molar-refractivity contribution in [3.63, 3.8) is 0 Å². The Kier molecular flexibility index (Phi) is 15.3. The summed E-state index contributed by atoms with van der Waals surface area (Å²) in [7, 11) is 0. The van der Waals surface area contributed by atoms with Gasteiger partial charge in [0.05, 0.1) is 24.9 Å². The van der Waals surface area contributed by atoms with E-state index in [0.717, 1.165) is 44.3 Å². The second-order valence-corrected chi connectivity index (χ2v) is 19.2. The first-order valence-corrected chi connectivity index (χ1v) is 18.7. The number of piperidine rings is 1. The van der Waals surface area contributed by atoms with E-state index in [1.165, 1.54) is 5.70 Å². The van der Waals surface area contributed by atoms with Crippen LogP contribution in [0.1, 0.15) is 150 Å². The molecule has 48 heavy (non-hydrogen) atoms. The highest BCUT2D eigenvalue weighted by atomic mass is 16.5. The van der Waals surface area contributed by atoms with Gasteiger partial charge in [-0.2, -0.15) is 0 Å². The van der Waals surface area contributed by atoms with Crippen molar-refractivity contribution >= 4 is 11.7 Å². The molecule has 1 aliphatic heterocycles. The number of carbonyl (C=O) groups excluding carboxylic acids is 2. The predicted octanol–water partition coefficient (Wildman–Crippen LogP) is 10.1. The average molecular weight is 675 g/mol. The lowest BCUT2D eigenvalue weighted by atomic mass is 9.60. The molecule has 0 N–H and O–H groups in total. The topological polar surface area (TPSA) is 59.1 Å². The summed E-state index contributed by atoms with van der Waals surface area (Å²) in [5.41, 5.74) is 0.381. The van der Waals surface area contributed by atoms with E-state index in [9.17, 15) is 9.59 Å². The summed E-state index contributed by atoms with van der Waals surface area (Å²) >= 11 is 0. The minimum atomic E-state index is -0.750. The van der Waals surface area contributed by atoms with Crippen molar-refractivity contribution < 1.29 is 19.1 Å². The molecular formula is C42H78N2O4. The minimum Gasteiger partial charge on any atom is -0.375 e. The number of ether oxygens (including phenoxy) is 2. The lowest BCUT2D eigenvalue weighted by Crippen LogP contribution is -2.56. The van der Waals surface area contributed by atoms with Gasteiger partial charge in [0.15, 0.2) is 0 Å². The Bertz CT molecular complexity index is 1100. The van der Waals surface area contributed by atoms with Gasteiger partial charge in [0.2, 0.25) is 5.91 Å². The van der Waals surface area contributed by atoms with Crippen molar-refractivity contribution in [3.05, 3.63) is 24.4 Å². The van der Waals surface area contributed by atoms with Gasteiger partial charge in [-0.3, -0.25) is 9.59 Å². The van der Waals surface area contributed by atoms with Gasteiger partial charge < -0.3 is 19.3 Å². The maximum atomic E-state index is 14.7. The van der Waals surface area contributed by atoms with Crippen LogP contribution in [0.5, 0.6) is 0 Å². The number of allylic oxidation sites excluding steroid dienone is 2. The second-order valence-electron chi connectivity index (χ2n) is 19.2. The van der Waals surface area contributed by atoms with Crippen LogP contribution >= 0.6 is 0 Å². The molecule has 280 valence electrons. The van der Waals surface area contributed by atoms with Crippen molar-refractivity contribution in [3.8, 4) is 0 Å². The Labute approximate surface area is 297 Å². The first kappa shape index (κ1) is 44.4. The maximum Gasteiger partial charge on any atom is 0.229 e. The summed E-state index contributed by atoms with van der Waals surface area (Å²) in [5, 5.41) is 0. The zero-order valence-electron chi connectivity index (χ0n) is 34.7. The lowest BCUT2D eigenvalue weighted by molar-refractivity contribution is -0.154. The molecule has 1 amide bonds. The summed E-state index contributed by atoms with van der Waals surface area (Å²) in [6, 6.07) is 0.0902. The van der Waals surface area contributed by atoms with Crippen LogP contribution < -0.4 is 0 Å². The molecule has 1 heterocycles. The van der Waals surface area contributed by atoms with Crippen molar-refractivity contribution in [2.75, 3.05) is 32.8 Å². The number of amides is 1. The average Bonchev–Trinajstić information content (AvgIpc) is 2.95. The van der Waals surface area contributed by atoms with Crippen molar-refractivity contribution in [1.82, 2.24) is 9.80 Å². The normalized spacial score (nSPS) is 16.7. The Morgan fingerprint density at radius 2 is 1.38 bits per heavy atom. The van der Waals surface area contributed by atoms with Crippen molar-refractivity contribution in [2.45, 2.75) is 168 Å². The number of nitrogens with zero attached hydrogens (tertiary/aromatic N) is 2. The third kappa shape index (κ3) is 11.4. The fraction of sp³-hybridized carbons (Fsp3) is 0.857. The summed E-state index contributed by atoms with van der Waals surface area (Å²) in [5.74, 6) is 0.795. The van der Waals surface area contributed by atoms with Gasteiger partial charge in [-0.25, -0.2) is 0 Å². The number of carbonyl (C=O) groups is 2. The molecular weight excluding hydrogens is 596 g/mol. The molecule has 1 saturated heterocycles. The fourth-order valence-corrected chi connectivity index (χ4v) is 6.25. The molecule has 0 aromatic heterocycles. The van der Waals surface area contributed by atoms with Gasteiger partial charge in [-0.1, -0.05) is 102 Å². The third-order valence-electron chi connectivity index (χ3n) is 12.6. The van der Waals surface area contributed by atoms with Crippen LogP contribution in [0.2, 0.25) is 0 Å². The Balaban J connectivity index is 3.18. The van der Waals surface area contributed by atoms with Crippen molar-refractivity contribution in [1.29, 1.82) is 0 Å². The molecule has 0 saturated carbocycles. The van der Waals surface area contributed by atoms with Crippen LogP contribution in [-0.2, 0) is 19.1 Å². The predicted molar refractivity (Wildman–Crippen MR) is 204 cm³/mol. The molecule has 6 nitrogen and oxygen atoms in total. The van der Waals surface area contributed by atoms with E-state index in [1.807, 2.05) is 48.5 Å². The molecule has 1 atom stereocenters. The van der Waals surface area contributed by atoms with Crippen LogP contribution in [0.25, 0.3) is 0 Å². The van der Waals surface area contributed by atoms with Crippen LogP contribution in [-0.4, -0.2) is 72.1 Å². The maximum absolute atomic E-state index is 14.7. The standard InChI is InChI=1S/C42H78N2O4/c1-30(2)20-23-39(12,13)48-29-32(5)47-27-26-44(36(46)42(18,19)38(10,11)28-35(45)37(7,8)9)34-21-24-43(25-22-34)33(6)41(16,17)40(14,15)31(3)4/h31-32,34H,1,6,20-29H2,2-5,7-19H3. The molecule has 1 rings (SSSR count). The van der Waals surface area contributed by atoms with Gasteiger partial charge in [0.1, 0.15) is 5.78 Å². The van der Waals surface area contributed by atoms with Crippen LogP contribution in [0, 0.1) is 33.0 Å². The molecule has 0 spiro atoms. The van der Waals surface area contributed by atoms with Crippen LogP contribution in [0.15, 0.2) is 24.4 Å². The molecule has 0 bridgehead atoms. The third-order valence-corrected chi connectivity index (χ3v) is 12.6. The minimum absolute atomic E-state index is 0.0692. The fourth-order valence-electron chi connectivity index (χ4n) is 6.25. The monoisotopic (exact) mass is 675 g/mol. The number of hydrogen-bond donors (Lipinski definition) is 0. The largest absolute Gasteiger partial charge is 0.375 e. The van der Waals surface area contributed by atoms with E-state index in [4.69, 9.17) is 9.47 Å². The smallest absolute Gasteiger partial charge is 0.229 e. The number of hydrogen-bond acceptors (Lipinski definition) is 5. The van der Waals surface area contributed by atoms with Gasteiger partial charge in [-0.15, -0.1) is 6.58 Å². The number of ketones is 1. The lowest BCUT2D eigenvalue weighted by Gasteiger charge is -2.51. The Morgan fingerprint density at radius 1 is 0.854 bits per heavy atom. The summed E-state index contributed by atoms with van der Waals surface area (Å²) in [4.78, 5) is 32.4. The SMILES string of the molecule is C=C(C)CCC(C)(C)OCC(C)OCCN(C(=O)C(C)(C)C(C)(C)CC(=O)C(C)(C)C)C1CCN(C(=C)C(C)(C)C(C)(C)C(C)C)CC1. The van der Waals surface area contributed by atoms with E-state index in [-0.39, 0.29) is 40.3 Å². The van der Waals surface area contributed by atoms with Crippen LogP contribution in [0.3, 0.4) is 0 Å². The van der Waals surface area contributed by atoms with Crippen molar-refractivity contribution in [2.24, 2.45) is 33.0 Å². The highest BCUT2D eigenvalue weighted by Crippen LogP contribution is 2.50. The summed E-state index contributed by atoms with van der Waals surface area (Å²) in [6.07, 6.45) is 3.85. The first-order valence-electron chi connectivity index (χ1n) is 18.7. The van der Waals surface area contributed by atoms with Gasteiger partial charge in [0.25, 0.3) is 0 Å². The zero-order chi connectivity index (χ0) is 37.7. The molecule has 0 radical (unpaired) electrons. The molecule has 0 aliphatic carbocycles. The van der Waals surface area contributed by atoms with Gasteiger partial charge in [-0.05, 0) is 70.1 Å². The highest BCUT2D eigenvalue weighted by Gasteiger charge is 2.49. The van der Waals surface area contributed by atoms with E-state index >= 15 is 0 Å². The van der Waals surface area contributed by atoms with Gasteiger partial charge in [0, 0.05) is 54.0 Å². The number of likely N-dealkylation sites (tertiary alicyclic amines) is 1. The van der Waals surface area contributed by atoms with E-state index < -0.39 is 16.2 Å². The number of rotatable bonds is 19. The molecule has 0 aromatic rings. The zero-order valence-corrected chi connectivity index (χ0v) is 34.7. The molecule has 1 fully saturated rings. The summed E-state index contributed by atoms with van der Waals surface area (Å²) in [6.45, 7) is 48.1. The molecule has 6 heteroatoms. The number of Topliss-reactive ketones (excluding diaryl/α,β-unsaturated/α-hetero) is 1.